The maximum atomic E-state index is 5.56. The van der Waals surface area contributed by atoms with E-state index >= 15 is 0 Å². The van der Waals surface area contributed by atoms with Crippen LogP contribution in [-0.4, -0.2) is 19.3 Å². The van der Waals surface area contributed by atoms with Crippen LogP contribution in [0.3, 0.4) is 0 Å². The van der Waals surface area contributed by atoms with Gasteiger partial charge in [-0.25, -0.2) is 0 Å². The molecule has 10 heavy (non-hydrogen) atoms. The highest BCUT2D eigenvalue weighted by Gasteiger charge is 1.92. The van der Waals surface area contributed by atoms with Crippen molar-refractivity contribution >= 4 is 0 Å². The van der Waals surface area contributed by atoms with Crippen molar-refractivity contribution in [3.05, 3.63) is 0 Å². The fraction of sp³-hybridized carbons (Fsp3) is 1.00. The van der Waals surface area contributed by atoms with Crippen molar-refractivity contribution < 1.29 is 0 Å². The molecule has 0 aliphatic carbocycles. The van der Waals surface area contributed by atoms with Crippen LogP contribution in [0.25, 0.3) is 0 Å². The van der Waals surface area contributed by atoms with Crippen molar-refractivity contribution in [3.63, 3.8) is 0 Å². The van der Waals surface area contributed by atoms with Crippen LogP contribution in [0.1, 0.15) is 26.2 Å². The number of hydrogen-bond donors (Lipinski definition) is 3. The summed E-state index contributed by atoms with van der Waals surface area (Å²) in [4.78, 5) is 0. The molecule has 0 aliphatic heterocycles. The van der Waals surface area contributed by atoms with Crippen LogP contribution in [0.15, 0.2) is 0 Å². The van der Waals surface area contributed by atoms with E-state index in [1.807, 2.05) is 6.92 Å². The fourth-order valence-electron chi connectivity index (χ4n) is 0.818. The molecule has 0 saturated heterocycles. The first-order valence-corrected chi connectivity index (χ1v) is 3.93. The highest BCUT2D eigenvalue weighted by Crippen LogP contribution is 1.96. The van der Waals surface area contributed by atoms with Crippen LogP contribution in [0, 0.1) is 0 Å². The van der Waals surface area contributed by atoms with Gasteiger partial charge in [-0.15, -0.1) is 0 Å². The van der Waals surface area contributed by atoms with Crippen LogP contribution >= 0.6 is 0 Å². The molecule has 1 unspecified atom stereocenters. The molecule has 0 amide bonds. The van der Waals surface area contributed by atoms with Crippen LogP contribution in [0.4, 0.5) is 0 Å². The van der Waals surface area contributed by atoms with Crippen LogP contribution < -0.4 is 16.8 Å². The minimum absolute atomic E-state index is 0.345. The van der Waals surface area contributed by atoms with Gasteiger partial charge in [0, 0.05) is 12.7 Å². The third kappa shape index (κ3) is 7.88. The summed E-state index contributed by atoms with van der Waals surface area (Å²) in [6, 6.07) is 0.345. The average Bonchev–Trinajstić information content (AvgIpc) is 1.87. The Bertz CT molecular complexity index is 63.9. The lowest BCUT2D eigenvalue weighted by Crippen LogP contribution is -2.23. The largest absolute Gasteiger partial charge is 0.328 e. The molecule has 0 aromatic rings. The first kappa shape index (κ1) is 9.88. The van der Waals surface area contributed by atoms with E-state index in [2.05, 4.69) is 5.32 Å². The van der Waals surface area contributed by atoms with Gasteiger partial charge in [0.2, 0.25) is 0 Å². The lowest BCUT2D eigenvalue weighted by molar-refractivity contribution is 0.568. The zero-order valence-electron chi connectivity index (χ0n) is 6.77. The summed E-state index contributed by atoms with van der Waals surface area (Å²) < 4.78 is 0. The highest BCUT2D eigenvalue weighted by atomic mass is 14.9. The minimum atomic E-state index is 0.345. The fourth-order valence-corrected chi connectivity index (χ4v) is 0.818. The Hall–Kier alpha value is -0.120. The van der Waals surface area contributed by atoms with E-state index in [0.29, 0.717) is 12.7 Å². The Morgan fingerprint density at radius 1 is 1.40 bits per heavy atom. The summed E-state index contributed by atoms with van der Waals surface area (Å²) in [5.41, 5.74) is 10.8. The third-order valence-corrected chi connectivity index (χ3v) is 1.41. The lowest BCUT2D eigenvalue weighted by atomic mass is 10.1. The summed E-state index contributed by atoms with van der Waals surface area (Å²) >= 11 is 0. The number of nitrogens with two attached hydrogens (primary N) is 2. The predicted octanol–water partition coefficient (Wildman–Crippen LogP) is 0.00970. The Kier molecular flexibility index (Phi) is 6.91. The molecular formula is C7H19N3. The van der Waals surface area contributed by atoms with E-state index in [4.69, 9.17) is 11.5 Å². The van der Waals surface area contributed by atoms with Crippen molar-refractivity contribution in [2.24, 2.45) is 11.5 Å². The van der Waals surface area contributed by atoms with Gasteiger partial charge in [-0.2, -0.15) is 0 Å². The van der Waals surface area contributed by atoms with Gasteiger partial charge in [-0.3, -0.25) is 0 Å². The normalized spacial score (nSPS) is 13.5. The maximum Gasteiger partial charge on any atom is 0.0428 e. The molecule has 0 fully saturated rings. The third-order valence-electron chi connectivity index (χ3n) is 1.41. The van der Waals surface area contributed by atoms with Crippen molar-refractivity contribution in [2.75, 3.05) is 13.2 Å². The van der Waals surface area contributed by atoms with Gasteiger partial charge in [0.1, 0.15) is 0 Å². The molecule has 0 aromatic carbocycles. The number of hydrogen-bond acceptors (Lipinski definition) is 3. The Labute approximate surface area is 63.2 Å². The van der Waals surface area contributed by atoms with E-state index in [9.17, 15) is 0 Å². The van der Waals surface area contributed by atoms with Gasteiger partial charge in [0.25, 0.3) is 0 Å². The lowest BCUT2D eigenvalue weighted by Gasteiger charge is -2.04. The molecular weight excluding hydrogens is 126 g/mol. The van der Waals surface area contributed by atoms with Crippen LogP contribution in [0.2, 0.25) is 0 Å². The molecule has 0 bridgehead atoms. The van der Waals surface area contributed by atoms with Crippen LogP contribution in [-0.2, 0) is 0 Å². The van der Waals surface area contributed by atoms with Crippen LogP contribution in [0.5, 0.6) is 0 Å². The molecule has 0 rings (SSSR count). The molecule has 3 heteroatoms. The first-order valence-electron chi connectivity index (χ1n) is 3.93. The van der Waals surface area contributed by atoms with E-state index in [0.717, 1.165) is 13.0 Å². The second-order valence-corrected chi connectivity index (χ2v) is 2.68. The first-order chi connectivity index (χ1) is 4.77. The summed E-state index contributed by atoms with van der Waals surface area (Å²) in [7, 11) is 0. The standard InChI is InChI=1S/C7H19N3/c1-7(9)4-2-3-5-10-6-8/h7,10H,2-6,8-9H2,1H3. The van der Waals surface area contributed by atoms with Gasteiger partial charge in [0.15, 0.2) is 0 Å². The predicted molar refractivity (Wildman–Crippen MR) is 44.6 cm³/mol. The number of rotatable bonds is 6. The molecule has 1 atom stereocenters. The zero-order chi connectivity index (χ0) is 7.82. The van der Waals surface area contributed by atoms with Crippen molar-refractivity contribution in [2.45, 2.75) is 32.2 Å². The Morgan fingerprint density at radius 3 is 2.60 bits per heavy atom. The van der Waals surface area contributed by atoms with E-state index < -0.39 is 0 Å². The van der Waals surface area contributed by atoms with Crippen molar-refractivity contribution in [3.8, 4) is 0 Å². The van der Waals surface area contributed by atoms with Gasteiger partial charge < -0.3 is 16.8 Å². The summed E-state index contributed by atoms with van der Waals surface area (Å²) in [6.07, 6.45) is 3.50. The summed E-state index contributed by atoms with van der Waals surface area (Å²) in [6.45, 7) is 3.64. The molecule has 5 N–H and O–H groups in total. The molecule has 0 spiro atoms. The van der Waals surface area contributed by atoms with Crippen molar-refractivity contribution in [1.82, 2.24) is 5.32 Å². The SMILES string of the molecule is CC(N)CCCCNCN. The number of nitrogens with one attached hydrogen (secondary N) is 1. The smallest absolute Gasteiger partial charge is 0.0428 e. The molecule has 62 valence electrons. The average molecular weight is 145 g/mol. The van der Waals surface area contributed by atoms with Gasteiger partial charge >= 0.3 is 0 Å². The second kappa shape index (κ2) is 6.99. The van der Waals surface area contributed by atoms with E-state index in [-0.39, 0.29) is 0 Å². The van der Waals surface area contributed by atoms with E-state index in [1.54, 1.807) is 0 Å². The molecule has 0 radical (unpaired) electrons. The zero-order valence-corrected chi connectivity index (χ0v) is 6.77. The Balaban J connectivity index is 2.77. The molecule has 0 aromatic heterocycles. The Morgan fingerprint density at radius 2 is 2.10 bits per heavy atom. The van der Waals surface area contributed by atoms with E-state index in [1.165, 1.54) is 12.8 Å². The molecule has 0 saturated carbocycles. The van der Waals surface area contributed by atoms with Crippen molar-refractivity contribution in [1.29, 1.82) is 0 Å². The van der Waals surface area contributed by atoms with Gasteiger partial charge in [-0.1, -0.05) is 6.42 Å². The van der Waals surface area contributed by atoms with Gasteiger partial charge in [0.05, 0.1) is 0 Å². The molecule has 3 nitrogen and oxygen atoms in total. The monoisotopic (exact) mass is 145 g/mol. The minimum Gasteiger partial charge on any atom is -0.328 e. The topological polar surface area (TPSA) is 64.1 Å². The second-order valence-electron chi connectivity index (χ2n) is 2.68. The summed E-state index contributed by atoms with van der Waals surface area (Å²) in [5.74, 6) is 0. The molecule has 0 heterocycles. The quantitative estimate of drug-likeness (QED) is 0.364. The highest BCUT2D eigenvalue weighted by molar-refractivity contribution is 4.53. The maximum absolute atomic E-state index is 5.56. The van der Waals surface area contributed by atoms with Gasteiger partial charge in [-0.05, 0) is 26.3 Å². The molecule has 0 aliphatic rings. The number of unbranched alkanes of at least 4 members (excludes halogenated alkanes) is 1. The summed E-state index contributed by atoms with van der Waals surface area (Å²) in [5, 5.41) is 3.06.